The van der Waals surface area contributed by atoms with E-state index in [0.29, 0.717) is 103 Å². The Morgan fingerprint density at radius 1 is 0.600 bits per heavy atom. The van der Waals surface area contributed by atoms with Crippen LogP contribution in [0.25, 0.3) is 11.5 Å². The lowest BCUT2D eigenvalue weighted by Gasteiger charge is -2.33. The van der Waals surface area contributed by atoms with Gasteiger partial charge in [0.15, 0.2) is 0 Å². The van der Waals surface area contributed by atoms with Crippen LogP contribution in [0.2, 0.25) is 0 Å². The van der Waals surface area contributed by atoms with Crippen LogP contribution in [0.1, 0.15) is 232 Å². The number of carbonyl (C=O) groups is 3. The van der Waals surface area contributed by atoms with Crippen LogP contribution in [0.4, 0.5) is 0 Å². The van der Waals surface area contributed by atoms with Crippen molar-refractivity contribution in [3.63, 3.8) is 0 Å². The summed E-state index contributed by atoms with van der Waals surface area (Å²) in [6, 6.07) is 28.0. The number of ether oxygens (including phenoxy) is 3. The number of amides is 3. The highest BCUT2D eigenvalue weighted by molar-refractivity contribution is 6.02. The molecule has 0 atom stereocenters. The van der Waals surface area contributed by atoms with Crippen molar-refractivity contribution in [3.8, 4) is 23.6 Å². The average molecular weight is 1090 g/mol. The summed E-state index contributed by atoms with van der Waals surface area (Å²) in [7, 11) is 0. The molecule has 3 heterocycles. The molecule has 2 saturated carbocycles. The standard InChI is InChI=1S/C29H32N4O2.C26H30N4O2.C9H20O3.CH4/c1-3-20-16-24(23-6-5-7-23)26(28-32-31-27(4-2)35-28)17-25(20)29(34)33-14-12-22(13-15-33)21-10-8-19(18-30)9-11-21;1-2-18-14-22(21-4-3-5-21)24(25(31)29-28)15-23(18)26(32)30-12-10-20(11-13-30)19-8-6-17(16-27)7-9-19;1-5-9(10-6-2,11-7-3)12-8-4;/h8-11,16-17,22-23H,3-7,12-15H2,1-2H3;6-9,14-15,20-21H,2-5,10-13,28H2,1H3,(H,29,31);5-8H2,1-4H3;1H4. The fraction of sp³-hybridized carbons (Fsp3) is 0.523. The van der Waals surface area contributed by atoms with Gasteiger partial charge in [-0.2, -0.15) is 10.5 Å². The molecule has 15 nitrogen and oxygen atoms in total. The third-order valence-electron chi connectivity index (χ3n) is 16.4. The molecule has 1 aromatic heterocycles. The number of nitrogens with one attached hydrogen (secondary N) is 1. The van der Waals surface area contributed by atoms with Crippen LogP contribution in [0, 0.1) is 22.7 Å². The van der Waals surface area contributed by atoms with Crippen LogP contribution in [0.5, 0.6) is 0 Å². The van der Waals surface area contributed by atoms with Crippen LogP contribution < -0.4 is 11.3 Å². The largest absolute Gasteiger partial charge is 0.421 e. The Balaban J connectivity index is 0.000000213. The summed E-state index contributed by atoms with van der Waals surface area (Å²) in [5, 5.41) is 26.5. The molecule has 2 saturated heterocycles. The topological polar surface area (TPSA) is 210 Å². The number of rotatable bonds is 18. The lowest BCUT2D eigenvalue weighted by molar-refractivity contribution is -0.377. The molecule has 3 amide bonds. The van der Waals surface area contributed by atoms with Gasteiger partial charge < -0.3 is 28.4 Å². The molecule has 0 spiro atoms. The average Bonchev–Trinajstić information content (AvgIpc) is 3.97. The summed E-state index contributed by atoms with van der Waals surface area (Å²) < 4.78 is 22.2. The maximum absolute atomic E-state index is 13.7. The summed E-state index contributed by atoms with van der Waals surface area (Å²) in [6.45, 7) is 18.6. The lowest BCUT2D eigenvalue weighted by atomic mass is 9.76. The number of nitrogen functional groups attached to an aromatic ring is 1. The Morgan fingerprint density at radius 2 is 1.04 bits per heavy atom. The number of benzene rings is 4. The molecular formula is C65H86N8O7. The first-order valence-electron chi connectivity index (χ1n) is 29.1. The number of carbonyl (C=O) groups excluding carboxylic acids is 3. The quantitative estimate of drug-likeness (QED) is 0.0363. The monoisotopic (exact) mass is 1090 g/mol. The van der Waals surface area contributed by atoms with Crippen molar-refractivity contribution in [2.24, 2.45) is 5.84 Å². The van der Waals surface area contributed by atoms with Gasteiger partial charge in [0.05, 0.1) is 23.3 Å². The highest BCUT2D eigenvalue weighted by atomic mass is 16.9. The molecule has 0 radical (unpaired) electrons. The van der Waals surface area contributed by atoms with Gasteiger partial charge in [-0.1, -0.05) is 84.4 Å². The fourth-order valence-corrected chi connectivity index (χ4v) is 11.3. The Labute approximate surface area is 475 Å². The van der Waals surface area contributed by atoms with E-state index in [4.69, 9.17) is 35.0 Å². The van der Waals surface area contributed by atoms with Gasteiger partial charge in [0, 0.05) is 81.1 Å². The Bertz CT molecular complexity index is 2880. The molecule has 2 aliphatic carbocycles. The Hall–Kier alpha value is -6.75. The molecule has 4 fully saturated rings. The number of aryl methyl sites for hydroxylation is 3. The maximum Gasteiger partial charge on any atom is 0.282 e. The molecule has 2 aliphatic heterocycles. The van der Waals surface area contributed by atoms with Crippen LogP contribution >= 0.6 is 0 Å². The van der Waals surface area contributed by atoms with Crippen molar-refractivity contribution < 1.29 is 33.0 Å². The van der Waals surface area contributed by atoms with Gasteiger partial charge in [-0.15, -0.1) is 10.2 Å². The van der Waals surface area contributed by atoms with Crippen molar-refractivity contribution in [3.05, 3.63) is 140 Å². The van der Waals surface area contributed by atoms with Gasteiger partial charge in [-0.25, -0.2) is 5.84 Å². The van der Waals surface area contributed by atoms with E-state index in [-0.39, 0.29) is 25.1 Å². The first-order valence-corrected chi connectivity index (χ1v) is 29.1. The van der Waals surface area contributed by atoms with E-state index in [9.17, 15) is 14.4 Å². The van der Waals surface area contributed by atoms with Crippen LogP contribution in [0.15, 0.2) is 77.2 Å². The number of hydrazine groups is 1. The first kappa shape index (κ1) is 62.4. The van der Waals surface area contributed by atoms with Crippen molar-refractivity contribution in [2.75, 3.05) is 46.0 Å². The molecule has 80 heavy (non-hydrogen) atoms. The van der Waals surface area contributed by atoms with Gasteiger partial charge in [0.25, 0.3) is 23.7 Å². The van der Waals surface area contributed by atoms with Gasteiger partial charge >= 0.3 is 0 Å². The Morgan fingerprint density at radius 3 is 1.40 bits per heavy atom. The number of hydrogen-bond donors (Lipinski definition) is 2. The highest BCUT2D eigenvalue weighted by Gasteiger charge is 2.33. The smallest absolute Gasteiger partial charge is 0.282 e. The molecule has 5 aromatic rings. The zero-order chi connectivity index (χ0) is 56.5. The summed E-state index contributed by atoms with van der Waals surface area (Å²) in [5.41, 5.74) is 13.3. The molecule has 15 heteroatoms. The van der Waals surface area contributed by atoms with Crippen molar-refractivity contribution in [1.29, 1.82) is 10.5 Å². The summed E-state index contributed by atoms with van der Waals surface area (Å²) in [4.78, 5) is 43.6. The number of hydrogen-bond acceptors (Lipinski definition) is 12. The number of nitrogens with zero attached hydrogens (tertiary/aromatic N) is 6. The third-order valence-corrected chi connectivity index (χ3v) is 16.4. The fourth-order valence-electron chi connectivity index (χ4n) is 11.3. The molecule has 4 aromatic carbocycles. The zero-order valence-electron chi connectivity index (χ0n) is 47.7. The molecule has 428 valence electrons. The summed E-state index contributed by atoms with van der Waals surface area (Å²) >= 11 is 0. The molecular weight excluding hydrogens is 1000 g/mol. The molecule has 0 unspecified atom stereocenters. The minimum atomic E-state index is -0.807. The zero-order valence-corrected chi connectivity index (χ0v) is 47.7. The SMILES string of the molecule is C.CCOC(CC)(OCC)OCC.CCc1cc(C2CCC2)c(C(=O)NN)cc1C(=O)N1CCC(c2ccc(C#N)cc2)CC1.CCc1nnc(-c2cc(C(=O)N3CCC(c4ccc(C#N)cc4)CC3)c(CC)cc2C2CCC2)o1. The van der Waals surface area contributed by atoms with E-state index in [1.54, 1.807) is 6.07 Å². The molecule has 0 bridgehead atoms. The van der Waals surface area contributed by atoms with E-state index in [1.165, 1.54) is 42.4 Å². The number of piperidine rings is 2. The second-order valence-corrected chi connectivity index (χ2v) is 20.9. The first-order chi connectivity index (χ1) is 38.4. The van der Waals surface area contributed by atoms with Gasteiger partial charge in [-0.05, 0) is 178 Å². The minimum absolute atomic E-state index is 0. The van der Waals surface area contributed by atoms with E-state index in [2.05, 4.69) is 65.9 Å². The van der Waals surface area contributed by atoms with Crippen LogP contribution in [0.3, 0.4) is 0 Å². The normalized spacial score (nSPS) is 15.8. The molecule has 9 rings (SSSR count). The molecule has 3 N–H and O–H groups in total. The number of likely N-dealkylation sites (tertiary alicyclic amines) is 2. The number of nitriles is 2. The minimum Gasteiger partial charge on any atom is -0.421 e. The van der Waals surface area contributed by atoms with E-state index in [1.807, 2.05) is 86.9 Å². The predicted octanol–water partition coefficient (Wildman–Crippen LogP) is 12.8. The van der Waals surface area contributed by atoms with Crippen molar-refractivity contribution in [2.45, 2.75) is 175 Å². The van der Waals surface area contributed by atoms with Gasteiger partial charge in [0.2, 0.25) is 11.8 Å². The summed E-state index contributed by atoms with van der Waals surface area (Å²) in [5.74, 6) is 7.22. The lowest BCUT2D eigenvalue weighted by Crippen LogP contribution is -2.39. The maximum atomic E-state index is 13.7. The van der Waals surface area contributed by atoms with E-state index >= 15 is 0 Å². The second kappa shape index (κ2) is 30.2. The highest BCUT2D eigenvalue weighted by Crippen LogP contribution is 2.43. The third kappa shape index (κ3) is 15.0. The van der Waals surface area contributed by atoms with Crippen LogP contribution in [-0.2, 0) is 33.5 Å². The van der Waals surface area contributed by atoms with Crippen molar-refractivity contribution >= 4 is 17.7 Å². The predicted molar refractivity (Wildman–Crippen MR) is 312 cm³/mol. The Kier molecular flexibility index (Phi) is 23.6. The van der Waals surface area contributed by atoms with Gasteiger partial charge in [-0.3, -0.25) is 19.8 Å². The second-order valence-electron chi connectivity index (χ2n) is 20.9. The van der Waals surface area contributed by atoms with Crippen molar-refractivity contribution in [1.82, 2.24) is 25.4 Å². The van der Waals surface area contributed by atoms with E-state index < -0.39 is 5.97 Å². The van der Waals surface area contributed by atoms with Gasteiger partial charge in [0.1, 0.15) is 0 Å². The number of aromatic nitrogens is 2. The van der Waals surface area contributed by atoms with E-state index in [0.717, 1.165) is 92.3 Å². The summed E-state index contributed by atoms with van der Waals surface area (Å²) in [6.07, 6.45) is 13.5. The number of nitrogens with two attached hydrogens (primary N) is 1. The van der Waals surface area contributed by atoms with Crippen LogP contribution in [-0.4, -0.2) is 89.7 Å². The molecule has 4 aliphatic rings.